The Balaban J connectivity index is 2.27. The van der Waals surface area contributed by atoms with E-state index in [4.69, 9.17) is 9.84 Å². The van der Waals surface area contributed by atoms with E-state index in [0.717, 1.165) is 25.9 Å². The lowest BCUT2D eigenvalue weighted by Gasteiger charge is -2.34. The molecule has 0 saturated carbocycles. The second-order valence-corrected chi connectivity index (χ2v) is 4.02. The van der Waals surface area contributed by atoms with Crippen LogP contribution < -0.4 is 0 Å². The zero-order valence-electron chi connectivity index (χ0n) is 9.48. The lowest BCUT2D eigenvalue weighted by atomic mass is 10.0. The SMILES string of the molecule is CN(C)C1CCN(C(=O)OCCO)CC1. The molecule has 5 nitrogen and oxygen atoms in total. The number of amides is 1. The van der Waals surface area contributed by atoms with Crippen molar-refractivity contribution in [3.05, 3.63) is 0 Å². The minimum Gasteiger partial charge on any atom is -0.447 e. The third kappa shape index (κ3) is 3.68. The Hall–Kier alpha value is -0.810. The highest BCUT2D eigenvalue weighted by molar-refractivity contribution is 5.67. The van der Waals surface area contributed by atoms with Crippen molar-refractivity contribution >= 4 is 6.09 Å². The molecule has 0 aromatic rings. The van der Waals surface area contributed by atoms with Gasteiger partial charge < -0.3 is 19.6 Å². The Bertz CT molecular complexity index is 201. The molecule has 0 bridgehead atoms. The van der Waals surface area contributed by atoms with Gasteiger partial charge in [0.25, 0.3) is 0 Å². The molecule has 1 saturated heterocycles. The molecule has 1 N–H and O–H groups in total. The number of likely N-dealkylation sites (tertiary alicyclic amines) is 1. The van der Waals surface area contributed by atoms with Crippen LogP contribution in [0, 0.1) is 0 Å². The lowest BCUT2D eigenvalue weighted by molar-refractivity contribution is 0.0684. The second-order valence-electron chi connectivity index (χ2n) is 4.02. The molecule has 0 atom stereocenters. The van der Waals surface area contributed by atoms with Gasteiger partial charge in [0.2, 0.25) is 0 Å². The number of carbonyl (C=O) groups excluding carboxylic acids is 1. The molecule has 0 aromatic carbocycles. The van der Waals surface area contributed by atoms with Crippen LogP contribution in [-0.4, -0.2) is 67.4 Å². The average molecular weight is 216 g/mol. The van der Waals surface area contributed by atoms with Crippen molar-refractivity contribution in [2.75, 3.05) is 40.4 Å². The van der Waals surface area contributed by atoms with Crippen LogP contribution >= 0.6 is 0 Å². The van der Waals surface area contributed by atoms with Gasteiger partial charge in [0.15, 0.2) is 0 Å². The molecule has 15 heavy (non-hydrogen) atoms. The summed E-state index contributed by atoms with van der Waals surface area (Å²) in [6.07, 6.45) is 1.67. The molecular weight excluding hydrogens is 196 g/mol. The summed E-state index contributed by atoms with van der Waals surface area (Å²) in [6.45, 7) is 1.46. The Morgan fingerprint density at radius 2 is 2.07 bits per heavy atom. The van der Waals surface area contributed by atoms with Crippen LogP contribution in [-0.2, 0) is 4.74 Å². The normalized spacial score (nSPS) is 18.3. The molecular formula is C10H20N2O3. The standard InChI is InChI=1S/C10H20N2O3/c1-11(2)9-3-5-12(6-4-9)10(14)15-8-7-13/h9,13H,3-8H2,1-2H3. The largest absolute Gasteiger partial charge is 0.447 e. The van der Waals surface area contributed by atoms with Crippen LogP contribution in [0.4, 0.5) is 4.79 Å². The van der Waals surface area contributed by atoms with Gasteiger partial charge in [-0.25, -0.2) is 4.79 Å². The third-order valence-electron chi connectivity index (χ3n) is 2.77. The topological polar surface area (TPSA) is 53.0 Å². The molecule has 1 fully saturated rings. The highest BCUT2D eigenvalue weighted by atomic mass is 16.6. The molecule has 1 rings (SSSR count). The third-order valence-corrected chi connectivity index (χ3v) is 2.77. The van der Waals surface area contributed by atoms with Crippen molar-refractivity contribution in [1.29, 1.82) is 0 Å². The number of aliphatic hydroxyl groups excluding tert-OH is 1. The number of ether oxygens (including phenoxy) is 1. The van der Waals surface area contributed by atoms with E-state index in [-0.39, 0.29) is 19.3 Å². The number of piperidine rings is 1. The Morgan fingerprint density at radius 1 is 1.47 bits per heavy atom. The molecule has 0 radical (unpaired) electrons. The molecule has 0 aromatic heterocycles. The molecule has 1 aliphatic heterocycles. The molecule has 0 spiro atoms. The molecule has 0 unspecified atom stereocenters. The minimum atomic E-state index is -0.304. The average Bonchev–Trinajstić information content (AvgIpc) is 2.26. The maximum atomic E-state index is 11.4. The van der Waals surface area contributed by atoms with Crippen molar-refractivity contribution < 1.29 is 14.6 Å². The molecule has 5 heteroatoms. The van der Waals surface area contributed by atoms with Gasteiger partial charge in [-0.05, 0) is 26.9 Å². The van der Waals surface area contributed by atoms with Crippen molar-refractivity contribution in [3.63, 3.8) is 0 Å². The van der Waals surface area contributed by atoms with E-state index < -0.39 is 0 Å². The highest BCUT2D eigenvalue weighted by Gasteiger charge is 2.24. The van der Waals surface area contributed by atoms with Crippen molar-refractivity contribution in [2.24, 2.45) is 0 Å². The van der Waals surface area contributed by atoms with Crippen LogP contribution in [0.15, 0.2) is 0 Å². The van der Waals surface area contributed by atoms with E-state index in [0.29, 0.717) is 6.04 Å². The van der Waals surface area contributed by atoms with E-state index in [1.165, 1.54) is 0 Å². The van der Waals surface area contributed by atoms with Crippen molar-refractivity contribution in [2.45, 2.75) is 18.9 Å². The van der Waals surface area contributed by atoms with Gasteiger partial charge in [-0.15, -0.1) is 0 Å². The lowest BCUT2D eigenvalue weighted by Crippen LogP contribution is -2.44. The van der Waals surface area contributed by atoms with Gasteiger partial charge in [0, 0.05) is 19.1 Å². The molecule has 0 aliphatic carbocycles. The van der Waals surface area contributed by atoms with Gasteiger partial charge in [-0.1, -0.05) is 0 Å². The van der Waals surface area contributed by atoms with Crippen LogP contribution in [0.2, 0.25) is 0 Å². The number of hydrogen-bond donors (Lipinski definition) is 1. The summed E-state index contributed by atoms with van der Waals surface area (Å²) >= 11 is 0. The zero-order valence-corrected chi connectivity index (χ0v) is 9.48. The molecule has 88 valence electrons. The van der Waals surface area contributed by atoms with Gasteiger partial charge in [-0.3, -0.25) is 0 Å². The summed E-state index contributed by atoms with van der Waals surface area (Å²) in [4.78, 5) is 15.3. The predicted octanol–water partition coefficient (Wildman–Crippen LogP) is 0.141. The number of hydrogen-bond acceptors (Lipinski definition) is 4. The first-order chi connectivity index (χ1) is 7.15. The summed E-state index contributed by atoms with van der Waals surface area (Å²) < 4.78 is 4.85. The first kappa shape index (κ1) is 12.3. The van der Waals surface area contributed by atoms with Gasteiger partial charge in [0.05, 0.1) is 6.61 Å². The number of rotatable bonds is 3. The highest BCUT2D eigenvalue weighted by Crippen LogP contribution is 2.14. The fraction of sp³-hybridized carbons (Fsp3) is 0.900. The number of aliphatic hydroxyl groups is 1. The first-order valence-corrected chi connectivity index (χ1v) is 5.34. The van der Waals surface area contributed by atoms with E-state index in [2.05, 4.69) is 19.0 Å². The Kier molecular flexibility index (Phi) is 4.84. The van der Waals surface area contributed by atoms with E-state index >= 15 is 0 Å². The fourth-order valence-electron chi connectivity index (χ4n) is 1.79. The van der Waals surface area contributed by atoms with Crippen molar-refractivity contribution in [1.82, 2.24) is 9.80 Å². The summed E-state index contributed by atoms with van der Waals surface area (Å²) in [5.41, 5.74) is 0. The molecule has 1 amide bonds. The number of nitrogens with zero attached hydrogens (tertiary/aromatic N) is 2. The molecule has 1 heterocycles. The minimum absolute atomic E-state index is 0.0897. The smallest absolute Gasteiger partial charge is 0.409 e. The maximum Gasteiger partial charge on any atom is 0.409 e. The van der Waals surface area contributed by atoms with Gasteiger partial charge >= 0.3 is 6.09 Å². The van der Waals surface area contributed by atoms with Crippen LogP contribution in [0.25, 0.3) is 0 Å². The summed E-state index contributed by atoms with van der Waals surface area (Å²) in [5, 5.41) is 8.53. The number of carbonyl (C=O) groups is 1. The van der Waals surface area contributed by atoms with Crippen LogP contribution in [0.1, 0.15) is 12.8 Å². The summed E-state index contributed by atoms with van der Waals surface area (Å²) in [6, 6.07) is 0.562. The van der Waals surface area contributed by atoms with Crippen molar-refractivity contribution in [3.8, 4) is 0 Å². The van der Waals surface area contributed by atoms with Crippen LogP contribution in [0.3, 0.4) is 0 Å². The Morgan fingerprint density at radius 3 is 2.53 bits per heavy atom. The molecule has 1 aliphatic rings. The first-order valence-electron chi connectivity index (χ1n) is 5.34. The summed E-state index contributed by atoms with van der Waals surface area (Å²) in [7, 11) is 4.12. The van der Waals surface area contributed by atoms with Gasteiger partial charge in [-0.2, -0.15) is 0 Å². The fourth-order valence-corrected chi connectivity index (χ4v) is 1.79. The summed E-state index contributed by atoms with van der Waals surface area (Å²) in [5.74, 6) is 0. The second kappa shape index (κ2) is 5.92. The zero-order chi connectivity index (χ0) is 11.3. The van der Waals surface area contributed by atoms with E-state index in [9.17, 15) is 4.79 Å². The monoisotopic (exact) mass is 216 g/mol. The Labute approximate surface area is 90.6 Å². The van der Waals surface area contributed by atoms with Crippen LogP contribution in [0.5, 0.6) is 0 Å². The van der Waals surface area contributed by atoms with E-state index in [1.54, 1.807) is 4.90 Å². The quantitative estimate of drug-likeness (QED) is 0.729. The van der Waals surface area contributed by atoms with E-state index in [1.807, 2.05) is 0 Å². The van der Waals surface area contributed by atoms with Gasteiger partial charge in [0.1, 0.15) is 6.61 Å². The predicted molar refractivity (Wildman–Crippen MR) is 56.7 cm³/mol. The maximum absolute atomic E-state index is 11.4.